The molecule has 1 rings (SSSR count). The van der Waals surface area contributed by atoms with Crippen LogP contribution < -0.4 is 10.1 Å². The summed E-state index contributed by atoms with van der Waals surface area (Å²) >= 11 is 3.15. The fourth-order valence-corrected chi connectivity index (χ4v) is 1.74. The molecule has 0 saturated heterocycles. The molecule has 0 bridgehead atoms. The molecule has 1 aromatic rings. The number of hydrogen-bond donors (Lipinski definition) is 1. The number of ether oxygens (including phenoxy) is 1. The van der Waals surface area contributed by atoms with Crippen LogP contribution >= 0.6 is 15.9 Å². The molecule has 0 amide bonds. The van der Waals surface area contributed by atoms with Gasteiger partial charge >= 0.3 is 0 Å². The normalized spacial score (nSPS) is 12.8. The lowest BCUT2D eigenvalue weighted by atomic mass is 10.2. The van der Waals surface area contributed by atoms with E-state index < -0.39 is 0 Å². The van der Waals surface area contributed by atoms with E-state index in [-0.39, 0.29) is 11.9 Å². The van der Waals surface area contributed by atoms with Gasteiger partial charge in [0, 0.05) is 12.6 Å². The Bertz CT molecular complexity index is 357. The van der Waals surface area contributed by atoms with Crippen molar-refractivity contribution < 1.29 is 9.13 Å². The Balaban J connectivity index is 2.57. The summed E-state index contributed by atoms with van der Waals surface area (Å²) in [6.45, 7) is 7.07. The van der Waals surface area contributed by atoms with Crippen LogP contribution in [-0.4, -0.2) is 18.7 Å². The summed E-state index contributed by atoms with van der Waals surface area (Å²) in [5.41, 5.74) is 0. The first kappa shape index (κ1) is 14.5. The second-order valence-electron chi connectivity index (χ2n) is 4.29. The Labute approximate surface area is 111 Å². The summed E-state index contributed by atoms with van der Waals surface area (Å²) in [4.78, 5) is 0. The Hall–Kier alpha value is -0.610. The number of halogens is 2. The minimum Gasteiger partial charge on any atom is -0.489 e. The predicted octanol–water partition coefficient (Wildman–Crippen LogP) is 3.74. The van der Waals surface area contributed by atoms with Gasteiger partial charge in [-0.25, -0.2) is 4.39 Å². The van der Waals surface area contributed by atoms with Crippen LogP contribution in [-0.2, 0) is 0 Å². The molecule has 0 saturated carbocycles. The van der Waals surface area contributed by atoms with Gasteiger partial charge in [0.2, 0.25) is 0 Å². The fourth-order valence-electron chi connectivity index (χ4n) is 1.38. The lowest BCUT2D eigenvalue weighted by Gasteiger charge is -2.19. The third-order valence-corrected chi connectivity index (χ3v) is 3.01. The highest BCUT2D eigenvalue weighted by Crippen LogP contribution is 2.22. The number of rotatable bonds is 6. The van der Waals surface area contributed by atoms with Crippen molar-refractivity contribution in [1.82, 2.24) is 5.32 Å². The Morgan fingerprint density at radius 2 is 2.12 bits per heavy atom. The molecule has 1 aromatic carbocycles. The third kappa shape index (κ3) is 5.04. The van der Waals surface area contributed by atoms with Gasteiger partial charge < -0.3 is 10.1 Å². The SMILES string of the molecule is CCC(CNC(C)C)Oc1ccc(F)c(Br)c1. The van der Waals surface area contributed by atoms with Crippen LogP contribution in [0.3, 0.4) is 0 Å². The van der Waals surface area contributed by atoms with Gasteiger partial charge in [0.25, 0.3) is 0 Å². The fraction of sp³-hybridized carbons (Fsp3) is 0.538. The van der Waals surface area contributed by atoms with Crippen molar-refractivity contribution in [2.45, 2.75) is 39.3 Å². The molecule has 0 aliphatic rings. The first-order chi connectivity index (χ1) is 8.02. The van der Waals surface area contributed by atoms with Crippen molar-refractivity contribution in [2.75, 3.05) is 6.54 Å². The van der Waals surface area contributed by atoms with Gasteiger partial charge in [-0.1, -0.05) is 20.8 Å². The van der Waals surface area contributed by atoms with Crippen molar-refractivity contribution in [2.24, 2.45) is 0 Å². The molecule has 96 valence electrons. The molecule has 1 N–H and O–H groups in total. The van der Waals surface area contributed by atoms with Gasteiger partial charge in [-0.15, -0.1) is 0 Å². The predicted molar refractivity (Wildman–Crippen MR) is 71.9 cm³/mol. The molecule has 0 aliphatic heterocycles. The highest BCUT2D eigenvalue weighted by atomic mass is 79.9. The highest BCUT2D eigenvalue weighted by molar-refractivity contribution is 9.10. The standard InChI is InChI=1S/C13H19BrFNO/c1-4-10(8-16-9(2)3)17-11-5-6-13(15)12(14)7-11/h5-7,9-10,16H,4,8H2,1-3H3. The summed E-state index contributed by atoms with van der Waals surface area (Å²) in [6, 6.07) is 5.15. The van der Waals surface area contributed by atoms with Gasteiger partial charge in [0.15, 0.2) is 0 Å². The average Bonchev–Trinajstić information content (AvgIpc) is 2.28. The van der Waals surface area contributed by atoms with Gasteiger partial charge in [0.1, 0.15) is 17.7 Å². The van der Waals surface area contributed by atoms with E-state index in [4.69, 9.17) is 4.74 Å². The first-order valence-corrected chi connectivity index (χ1v) is 6.67. The molecule has 4 heteroatoms. The number of hydrogen-bond acceptors (Lipinski definition) is 2. The molecule has 0 aliphatic carbocycles. The quantitative estimate of drug-likeness (QED) is 0.864. The van der Waals surface area contributed by atoms with Crippen molar-refractivity contribution in [3.8, 4) is 5.75 Å². The first-order valence-electron chi connectivity index (χ1n) is 5.88. The Morgan fingerprint density at radius 3 is 2.65 bits per heavy atom. The van der Waals surface area contributed by atoms with E-state index in [1.165, 1.54) is 6.07 Å². The number of benzene rings is 1. The van der Waals surface area contributed by atoms with E-state index >= 15 is 0 Å². The van der Waals surface area contributed by atoms with Crippen molar-refractivity contribution >= 4 is 15.9 Å². The Morgan fingerprint density at radius 1 is 1.41 bits per heavy atom. The highest BCUT2D eigenvalue weighted by Gasteiger charge is 2.09. The molecular formula is C13H19BrFNO. The average molecular weight is 304 g/mol. The maximum Gasteiger partial charge on any atom is 0.137 e. The van der Waals surface area contributed by atoms with Crippen molar-refractivity contribution in [1.29, 1.82) is 0 Å². The zero-order valence-corrected chi connectivity index (χ0v) is 12.1. The lowest BCUT2D eigenvalue weighted by Crippen LogP contribution is -2.34. The van der Waals surface area contributed by atoms with Crippen LogP contribution in [0.1, 0.15) is 27.2 Å². The van der Waals surface area contributed by atoms with E-state index in [0.29, 0.717) is 16.3 Å². The molecule has 1 unspecified atom stereocenters. The summed E-state index contributed by atoms with van der Waals surface area (Å²) in [7, 11) is 0. The molecule has 17 heavy (non-hydrogen) atoms. The van der Waals surface area contributed by atoms with E-state index in [1.54, 1.807) is 12.1 Å². The third-order valence-electron chi connectivity index (χ3n) is 2.40. The topological polar surface area (TPSA) is 21.3 Å². The maximum absolute atomic E-state index is 13.1. The van der Waals surface area contributed by atoms with Crippen LogP contribution in [0, 0.1) is 5.82 Å². The van der Waals surface area contributed by atoms with Gasteiger partial charge in [0.05, 0.1) is 4.47 Å². The molecular weight excluding hydrogens is 285 g/mol. The maximum atomic E-state index is 13.1. The smallest absolute Gasteiger partial charge is 0.137 e. The molecule has 0 fully saturated rings. The van der Waals surface area contributed by atoms with Crippen LogP contribution in [0.4, 0.5) is 4.39 Å². The van der Waals surface area contributed by atoms with Crippen molar-refractivity contribution in [3.63, 3.8) is 0 Å². The van der Waals surface area contributed by atoms with Gasteiger partial charge in [-0.2, -0.15) is 0 Å². The molecule has 2 nitrogen and oxygen atoms in total. The molecule has 0 spiro atoms. The zero-order chi connectivity index (χ0) is 12.8. The molecule has 0 aromatic heterocycles. The summed E-state index contributed by atoms with van der Waals surface area (Å²) in [5, 5.41) is 3.33. The van der Waals surface area contributed by atoms with E-state index in [0.717, 1.165) is 13.0 Å². The van der Waals surface area contributed by atoms with Crippen LogP contribution in [0.25, 0.3) is 0 Å². The Kier molecular flexibility index (Phi) is 5.92. The number of nitrogens with one attached hydrogen (secondary N) is 1. The lowest BCUT2D eigenvalue weighted by molar-refractivity contribution is 0.190. The largest absolute Gasteiger partial charge is 0.489 e. The summed E-state index contributed by atoms with van der Waals surface area (Å²) < 4.78 is 19.3. The van der Waals surface area contributed by atoms with Crippen LogP contribution in [0.15, 0.2) is 22.7 Å². The zero-order valence-electron chi connectivity index (χ0n) is 10.5. The summed E-state index contributed by atoms with van der Waals surface area (Å²) in [6.07, 6.45) is 1.02. The second kappa shape index (κ2) is 6.97. The van der Waals surface area contributed by atoms with E-state index in [9.17, 15) is 4.39 Å². The van der Waals surface area contributed by atoms with E-state index in [1.807, 2.05) is 0 Å². The van der Waals surface area contributed by atoms with Gasteiger partial charge in [-0.05, 0) is 40.5 Å². The molecule has 0 heterocycles. The minimum absolute atomic E-state index is 0.106. The van der Waals surface area contributed by atoms with Crippen molar-refractivity contribution in [3.05, 3.63) is 28.5 Å². The minimum atomic E-state index is -0.272. The van der Waals surface area contributed by atoms with E-state index in [2.05, 4.69) is 42.0 Å². The molecule has 1 atom stereocenters. The van der Waals surface area contributed by atoms with Gasteiger partial charge in [-0.3, -0.25) is 0 Å². The monoisotopic (exact) mass is 303 g/mol. The van der Waals surface area contributed by atoms with Crippen LogP contribution in [0.5, 0.6) is 5.75 Å². The second-order valence-corrected chi connectivity index (χ2v) is 5.14. The summed E-state index contributed by atoms with van der Waals surface area (Å²) in [5.74, 6) is 0.418. The van der Waals surface area contributed by atoms with Crippen LogP contribution in [0.2, 0.25) is 0 Å². The molecule has 0 radical (unpaired) electrons.